The van der Waals surface area contributed by atoms with E-state index in [1.807, 2.05) is 36.4 Å². The third kappa shape index (κ3) is 2.85. The summed E-state index contributed by atoms with van der Waals surface area (Å²) in [6.07, 6.45) is 0. The molecule has 2 heterocycles. The number of ether oxygens (including phenoxy) is 1. The maximum absolute atomic E-state index is 12.5. The number of methoxy groups -OCH3 is 1. The molecule has 0 atom stereocenters. The minimum Gasteiger partial charge on any atom is -0.497 e. The van der Waals surface area contributed by atoms with Crippen molar-refractivity contribution in [2.45, 2.75) is 0 Å². The summed E-state index contributed by atoms with van der Waals surface area (Å²) < 4.78 is 6.08. The lowest BCUT2D eigenvalue weighted by molar-refractivity contribution is 0.102. The van der Waals surface area contributed by atoms with Gasteiger partial charge < -0.3 is 9.72 Å². The molecule has 4 rings (SSSR count). The zero-order chi connectivity index (χ0) is 17.4. The number of rotatable bonds is 3. The Balaban J connectivity index is 1.68. The predicted octanol–water partition coefficient (Wildman–Crippen LogP) is 3.40. The molecule has 0 saturated heterocycles. The highest BCUT2D eigenvalue weighted by Crippen LogP contribution is 2.29. The number of hydrogen-bond donors (Lipinski definition) is 2. The van der Waals surface area contributed by atoms with E-state index in [1.165, 1.54) is 11.3 Å². The molecule has 0 unspecified atom stereocenters. The second kappa shape index (κ2) is 6.03. The fraction of sp³-hybridized carbons (Fsp3) is 0.0556. The fourth-order valence-electron chi connectivity index (χ4n) is 2.57. The van der Waals surface area contributed by atoms with E-state index in [9.17, 15) is 9.59 Å². The van der Waals surface area contributed by atoms with Crippen molar-refractivity contribution in [2.75, 3.05) is 12.4 Å². The Hall–Kier alpha value is -3.19. The second-order valence-electron chi connectivity index (χ2n) is 5.41. The molecule has 2 aromatic heterocycles. The number of hydrogen-bond acceptors (Lipinski definition) is 5. The topological polar surface area (TPSA) is 84.1 Å². The predicted molar refractivity (Wildman–Crippen MR) is 98.7 cm³/mol. The molecule has 0 saturated carbocycles. The standard InChI is InChI=1S/C18H13N3O3S/c1-24-11-6-7-14-15(9-11)25-18(20-14)21-17(23)12-8-10-4-2-3-5-13(10)19-16(12)22/h2-9H,1H3,(H,19,22)(H,20,21,23). The molecule has 7 heteroatoms. The van der Waals surface area contributed by atoms with Gasteiger partial charge in [0.1, 0.15) is 11.3 Å². The van der Waals surface area contributed by atoms with Crippen LogP contribution in [0, 0.1) is 0 Å². The molecule has 2 N–H and O–H groups in total. The number of nitrogens with zero attached hydrogens (tertiary/aromatic N) is 1. The number of anilines is 1. The normalized spacial score (nSPS) is 10.9. The van der Waals surface area contributed by atoms with E-state index >= 15 is 0 Å². The summed E-state index contributed by atoms with van der Waals surface area (Å²) >= 11 is 1.32. The number of aromatic amines is 1. The van der Waals surface area contributed by atoms with Crippen LogP contribution in [-0.4, -0.2) is 23.0 Å². The molecule has 124 valence electrons. The highest BCUT2D eigenvalue weighted by atomic mass is 32.1. The van der Waals surface area contributed by atoms with Crippen LogP contribution in [0.2, 0.25) is 0 Å². The zero-order valence-electron chi connectivity index (χ0n) is 13.2. The summed E-state index contributed by atoms with van der Waals surface area (Å²) in [5, 5.41) is 3.92. The van der Waals surface area contributed by atoms with E-state index < -0.39 is 11.5 Å². The van der Waals surface area contributed by atoms with Gasteiger partial charge in [0.25, 0.3) is 11.5 Å². The molecule has 0 aliphatic heterocycles. The lowest BCUT2D eigenvalue weighted by Crippen LogP contribution is -2.22. The summed E-state index contributed by atoms with van der Waals surface area (Å²) in [5.41, 5.74) is 1.07. The van der Waals surface area contributed by atoms with Crippen LogP contribution in [0.4, 0.5) is 5.13 Å². The monoisotopic (exact) mass is 351 g/mol. The average Bonchev–Trinajstić information content (AvgIpc) is 3.02. The van der Waals surface area contributed by atoms with E-state index in [4.69, 9.17) is 4.74 Å². The Bertz CT molecular complexity index is 1160. The van der Waals surface area contributed by atoms with Gasteiger partial charge in [-0.1, -0.05) is 29.5 Å². The number of para-hydroxylation sites is 1. The zero-order valence-corrected chi connectivity index (χ0v) is 14.0. The van der Waals surface area contributed by atoms with Crippen molar-refractivity contribution in [1.82, 2.24) is 9.97 Å². The minimum absolute atomic E-state index is 0.0514. The Labute approximate surface area is 146 Å². The summed E-state index contributed by atoms with van der Waals surface area (Å²) in [7, 11) is 1.59. The van der Waals surface area contributed by atoms with Gasteiger partial charge >= 0.3 is 0 Å². The molecule has 0 fully saturated rings. The van der Waals surface area contributed by atoms with Crippen LogP contribution in [0.15, 0.2) is 53.3 Å². The van der Waals surface area contributed by atoms with Crippen LogP contribution < -0.4 is 15.6 Å². The first-order chi connectivity index (χ1) is 12.1. The average molecular weight is 351 g/mol. The Kier molecular flexibility index (Phi) is 3.70. The van der Waals surface area contributed by atoms with Crippen molar-refractivity contribution in [2.24, 2.45) is 0 Å². The number of thiazole rings is 1. The molecule has 4 aromatic rings. The molecular weight excluding hydrogens is 338 g/mol. The highest BCUT2D eigenvalue weighted by molar-refractivity contribution is 7.22. The van der Waals surface area contributed by atoms with E-state index in [0.717, 1.165) is 21.4 Å². The maximum Gasteiger partial charge on any atom is 0.263 e. The van der Waals surface area contributed by atoms with Crippen molar-refractivity contribution in [3.63, 3.8) is 0 Å². The largest absolute Gasteiger partial charge is 0.497 e. The van der Waals surface area contributed by atoms with Crippen LogP contribution in [0.1, 0.15) is 10.4 Å². The van der Waals surface area contributed by atoms with E-state index in [0.29, 0.717) is 10.6 Å². The van der Waals surface area contributed by atoms with Crippen molar-refractivity contribution < 1.29 is 9.53 Å². The van der Waals surface area contributed by atoms with Gasteiger partial charge in [-0.3, -0.25) is 14.9 Å². The fourth-order valence-corrected chi connectivity index (χ4v) is 3.46. The van der Waals surface area contributed by atoms with Crippen molar-refractivity contribution in [3.05, 3.63) is 64.4 Å². The molecule has 1 amide bonds. The van der Waals surface area contributed by atoms with Gasteiger partial charge in [0.15, 0.2) is 5.13 Å². The quantitative estimate of drug-likeness (QED) is 0.592. The number of carbonyl (C=O) groups is 1. The first-order valence-corrected chi connectivity index (χ1v) is 8.34. The van der Waals surface area contributed by atoms with Crippen LogP contribution in [0.5, 0.6) is 5.75 Å². The maximum atomic E-state index is 12.5. The van der Waals surface area contributed by atoms with Gasteiger partial charge in [0.05, 0.1) is 17.3 Å². The van der Waals surface area contributed by atoms with E-state index in [2.05, 4.69) is 15.3 Å². The molecule has 2 aromatic carbocycles. The summed E-state index contributed by atoms with van der Waals surface area (Å²) in [5.74, 6) is 0.234. The molecular formula is C18H13N3O3S. The third-order valence-corrected chi connectivity index (χ3v) is 4.75. The Morgan fingerprint density at radius 1 is 1.20 bits per heavy atom. The van der Waals surface area contributed by atoms with Gasteiger partial charge in [-0.2, -0.15) is 0 Å². The molecule has 0 aliphatic carbocycles. The SMILES string of the molecule is COc1ccc2nc(NC(=O)c3cc4ccccc4[nH]c3=O)sc2c1. The number of nitrogens with one attached hydrogen (secondary N) is 2. The molecule has 6 nitrogen and oxygen atoms in total. The number of aromatic nitrogens is 2. The van der Waals surface area contributed by atoms with Crippen LogP contribution >= 0.6 is 11.3 Å². The highest BCUT2D eigenvalue weighted by Gasteiger charge is 2.14. The molecule has 0 spiro atoms. The van der Waals surface area contributed by atoms with Gasteiger partial charge in [-0.15, -0.1) is 0 Å². The van der Waals surface area contributed by atoms with Crippen LogP contribution in [0.3, 0.4) is 0 Å². The first kappa shape index (κ1) is 15.3. The molecule has 0 bridgehead atoms. The number of benzene rings is 2. The van der Waals surface area contributed by atoms with E-state index in [1.54, 1.807) is 19.2 Å². The van der Waals surface area contributed by atoms with Crippen LogP contribution in [-0.2, 0) is 0 Å². The summed E-state index contributed by atoms with van der Waals surface area (Å²) in [4.78, 5) is 31.7. The molecule has 0 radical (unpaired) electrons. The lowest BCUT2D eigenvalue weighted by atomic mass is 10.1. The minimum atomic E-state index is -0.488. The van der Waals surface area contributed by atoms with E-state index in [-0.39, 0.29) is 5.56 Å². The number of H-pyrrole nitrogens is 1. The van der Waals surface area contributed by atoms with Gasteiger partial charge in [0.2, 0.25) is 0 Å². The van der Waals surface area contributed by atoms with Crippen LogP contribution in [0.25, 0.3) is 21.1 Å². The molecule has 25 heavy (non-hydrogen) atoms. The Morgan fingerprint density at radius 3 is 2.88 bits per heavy atom. The smallest absolute Gasteiger partial charge is 0.263 e. The summed E-state index contributed by atoms with van der Waals surface area (Å²) in [6, 6.07) is 14.4. The van der Waals surface area contributed by atoms with Gasteiger partial charge in [0, 0.05) is 5.52 Å². The van der Waals surface area contributed by atoms with Crippen molar-refractivity contribution in [1.29, 1.82) is 0 Å². The van der Waals surface area contributed by atoms with Gasteiger partial charge in [-0.25, -0.2) is 4.98 Å². The number of carbonyl (C=O) groups excluding carboxylic acids is 1. The number of fused-ring (bicyclic) bond motifs is 2. The molecule has 0 aliphatic rings. The summed E-state index contributed by atoms with van der Waals surface area (Å²) in [6.45, 7) is 0. The Morgan fingerprint density at radius 2 is 2.04 bits per heavy atom. The number of pyridine rings is 1. The first-order valence-electron chi connectivity index (χ1n) is 7.52. The number of amides is 1. The third-order valence-electron chi connectivity index (χ3n) is 3.81. The van der Waals surface area contributed by atoms with Crippen molar-refractivity contribution in [3.8, 4) is 5.75 Å². The lowest BCUT2D eigenvalue weighted by Gasteiger charge is -2.03. The second-order valence-corrected chi connectivity index (χ2v) is 6.44. The van der Waals surface area contributed by atoms with Crippen molar-refractivity contribution >= 4 is 43.5 Å². The van der Waals surface area contributed by atoms with Gasteiger partial charge in [-0.05, 0) is 35.7 Å².